The van der Waals surface area contributed by atoms with Gasteiger partial charge in [0.05, 0.1) is 0 Å². The molecule has 1 nitrogen and oxygen atoms in total. The molecule has 0 spiro atoms. The summed E-state index contributed by atoms with van der Waals surface area (Å²) >= 11 is 9.59. The molecule has 0 atom stereocenters. The lowest BCUT2D eigenvalue weighted by Crippen LogP contribution is -2.22. The Kier molecular flexibility index (Phi) is 3.11. The van der Waals surface area contributed by atoms with Crippen LogP contribution in [0.3, 0.4) is 0 Å². The summed E-state index contributed by atoms with van der Waals surface area (Å²) in [6, 6.07) is 4.09. The summed E-state index contributed by atoms with van der Waals surface area (Å²) in [6.07, 6.45) is 4.45. The van der Waals surface area contributed by atoms with E-state index in [2.05, 4.69) is 28.9 Å². The van der Waals surface area contributed by atoms with Gasteiger partial charge in [0, 0.05) is 15.0 Å². The first-order valence-electron chi connectivity index (χ1n) is 5.24. The number of hydrogen-bond acceptors (Lipinski definition) is 1. The van der Waals surface area contributed by atoms with Crippen molar-refractivity contribution in [3.63, 3.8) is 0 Å². The average Bonchev–Trinajstić information content (AvgIpc) is 2.88. The molecule has 0 unspecified atom stereocenters. The predicted molar refractivity (Wildman–Crippen MR) is 68.4 cm³/mol. The summed E-state index contributed by atoms with van der Waals surface area (Å²) in [5, 5.41) is 0.834. The molecule has 0 aliphatic heterocycles. The summed E-state index contributed by atoms with van der Waals surface area (Å²) in [6.45, 7) is 2.07. The van der Waals surface area contributed by atoms with Crippen LogP contribution >= 0.6 is 27.5 Å². The van der Waals surface area contributed by atoms with Gasteiger partial charge in [0.25, 0.3) is 0 Å². The summed E-state index contributed by atoms with van der Waals surface area (Å²) in [4.78, 5) is 0. The SMILES string of the molecule is Cc1c(Cl)cc(Br)cc1CCC1(N)CC1. The summed E-state index contributed by atoms with van der Waals surface area (Å²) < 4.78 is 1.05. The molecule has 15 heavy (non-hydrogen) atoms. The number of aryl methyl sites for hydroxylation is 1. The molecule has 1 aromatic carbocycles. The van der Waals surface area contributed by atoms with Crippen molar-refractivity contribution in [2.45, 2.75) is 38.1 Å². The molecule has 1 saturated carbocycles. The second kappa shape index (κ2) is 4.08. The molecule has 0 heterocycles. The largest absolute Gasteiger partial charge is 0.325 e. The predicted octanol–water partition coefficient (Wildman–Crippen LogP) is 3.83. The molecular formula is C12H15BrClN. The first kappa shape index (κ1) is 11.4. The molecule has 1 aliphatic rings. The average molecular weight is 289 g/mol. The van der Waals surface area contributed by atoms with Gasteiger partial charge in [-0.3, -0.25) is 0 Å². The van der Waals surface area contributed by atoms with Crippen LogP contribution in [0.15, 0.2) is 16.6 Å². The van der Waals surface area contributed by atoms with Crippen LogP contribution in [0.2, 0.25) is 5.02 Å². The van der Waals surface area contributed by atoms with Crippen molar-refractivity contribution in [3.8, 4) is 0 Å². The van der Waals surface area contributed by atoms with Crippen molar-refractivity contribution < 1.29 is 0 Å². The smallest absolute Gasteiger partial charge is 0.0449 e. The summed E-state index contributed by atoms with van der Waals surface area (Å²) in [5.74, 6) is 0. The van der Waals surface area contributed by atoms with Gasteiger partial charge in [-0.15, -0.1) is 0 Å². The Hall–Kier alpha value is -0.0500. The van der Waals surface area contributed by atoms with Crippen molar-refractivity contribution >= 4 is 27.5 Å². The molecule has 3 heteroatoms. The zero-order chi connectivity index (χ0) is 11.1. The van der Waals surface area contributed by atoms with Gasteiger partial charge in [0.15, 0.2) is 0 Å². The highest BCUT2D eigenvalue weighted by Crippen LogP contribution is 2.37. The number of benzene rings is 1. The number of hydrogen-bond donors (Lipinski definition) is 1. The third-order valence-electron chi connectivity index (χ3n) is 3.20. The molecule has 2 rings (SSSR count). The fraction of sp³-hybridized carbons (Fsp3) is 0.500. The second-order valence-corrected chi connectivity index (χ2v) is 5.86. The Labute approximate surface area is 104 Å². The van der Waals surface area contributed by atoms with Gasteiger partial charge in [0.2, 0.25) is 0 Å². The van der Waals surface area contributed by atoms with Crippen LogP contribution in [0.25, 0.3) is 0 Å². The molecule has 2 N–H and O–H groups in total. The molecule has 1 aromatic rings. The molecule has 0 radical (unpaired) electrons. The molecule has 0 saturated heterocycles. The van der Waals surface area contributed by atoms with E-state index in [9.17, 15) is 0 Å². The first-order valence-corrected chi connectivity index (χ1v) is 6.41. The third kappa shape index (κ3) is 2.74. The van der Waals surface area contributed by atoms with E-state index in [1.165, 1.54) is 24.0 Å². The van der Waals surface area contributed by atoms with Gasteiger partial charge < -0.3 is 5.73 Å². The summed E-state index contributed by atoms with van der Waals surface area (Å²) in [5.41, 5.74) is 8.70. The van der Waals surface area contributed by atoms with Crippen LogP contribution in [-0.4, -0.2) is 5.54 Å². The Balaban J connectivity index is 2.13. The van der Waals surface area contributed by atoms with Gasteiger partial charge in [-0.1, -0.05) is 27.5 Å². The quantitative estimate of drug-likeness (QED) is 0.898. The fourth-order valence-corrected chi connectivity index (χ4v) is 2.63. The van der Waals surface area contributed by atoms with Crippen LogP contribution < -0.4 is 5.73 Å². The zero-order valence-corrected chi connectivity index (χ0v) is 11.2. The monoisotopic (exact) mass is 287 g/mol. The van der Waals surface area contributed by atoms with Crippen LogP contribution in [-0.2, 0) is 6.42 Å². The van der Waals surface area contributed by atoms with Crippen LogP contribution in [0, 0.1) is 6.92 Å². The van der Waals surface area contributed by atoms with Gasteiger partial charge in [-0.25, -0.2) is 0 Å². The fourth-order valence-electron chi connectivity index (χ4n) is 1.75. The molecule has 0 bridgehead atoms. The van der Waals surface area contributed by atoms with Gasteiger partial charge >= 0.3 is 0 Å². The van der Waals surface area contributed by atoms with E-state index in [-0.39, 0.29) is 5.54 Å². The minimum absolute atomic E-state index is 0.126. The highest BCUT2D eigenvalue weighted by molar-refractivity contribution is 9.10. The Morgan fingerprint density at radius 3 is 2.73 bits per heavy atom. The molecule has 0 amide bonds. The maximum atomic E-state index is 6.12. The van der Waals surface area contributed by atoms with Crippen LogP contribution in [0.4, 0.5) is 0 Å². The van der Waals surface area contributed by atoms with Gasteiger partial charge in [-0.2, -0.15) is 0 Å². The number of rotatable bonds is 3. The Morgan fingerprint density at radius 2 is 2.13 bits per heavy atom. The lowest BCUT2D eigenvalue weighted by atomic mass is 10.0. The van der Waals surface area contributed by atoms with Crippen LogP contribution in [0.5, 0.6) is 0 Å². The lowest BCUT2D eigenvalue weighted by molar-refractivity contribution is 0.608. The minimum atomic E-state index is 0.126. The molecule has 82 valence electrons. The van der Waals surface area contributed by atoms with Gasteiger partial charge in [-0.05, 0) is 55.9 Å². The minimum Gasteiger partial charge on any atom is -0.325 e. The van der Waals surface area contributed by atoms with Crippen molar-refractivity contribution in [1.82, 2.24) is 0 Å². The maximum Gasteiger partial charge on any atom is 0.0449 e. The van der Waals surface area contributed by atoms with E-state index < -0.39 is 0 Å². The van der Waals surface area contributed by atoms with E-state index in [1.54, 1.807) is 0 Å². The zero-order valence-electron chi connectivity index (χ0n) is 8.82. The maximum absolute atomic E-state index is 6.12. The van der Waals surface area contributed by atoms with Crippen molar-refractivity contribution in [2.75, 3.05) is 0 Å². The molecular weight excluding hydrogens is 273 g/mol. The standard InChI is InChI=1S/C12H15BrClN/c1-8-9(2-3-12(15)4-5-12)6-10(13)7-11(8)14/h6-7H,2-5,15H2,1H3. The van der Waals surface area contributed by atoms with Crippen molar-refractivity contribution in [2.24, 2.45) is 5.73 Å². The normalized spacial score (nSPS) is 17.9. The Morgan fingerprint density at radius 1 is 1.47 bits per heavy atom. The second-order valence-electron chi connectivity index (χ2n) is 4.53. The van der Waals surface area contributed by atoms with Crippen molar-refractivity contribution in [1.29, 1.82) is 0 Å². The first-order chi connectivity index (χ1) is 7.00. The number of halogens is 2. The molecule has 1 aliphatic carbocycles. The van der Waals surface area contributed by atoms with E-state index >= 15 is 0 Å². The van der Waals surface area contributed by atoms with E-state index in [4.69, 9.17) is 17.3 Å². The topological polar surface area (TPSA) is 26.0 Å². The van der Waals surface area contributed by atoms with Crippen LogP contribution in [0.1, 0.15) is 30.4 Å². The lowest BCUT2D eigenvalue weighted by Gasteiger charge is -2.11. The van der Waals surface area contributed by atoms with E-state index in [0.29, 0.717) is 0 Å². The molecule has 0 aromatic heterocycles. The number of nitrogens with two attached hydrogens (primary N) is 1. The van der Waals surface area contributed by atoms with Crippen molar-refractivity contribution in [3.05, 3.63) is 32.8 Å². The Bertz CT molecular complexity index is 385. The van der Waals surface area contributed by atoms with E-state index in [0.717, 1.165) is 22.3 Å². The van der Waals surface area contributed by atoms with E-state index in [1.807, 2.05) is 6.07 Å². The highest BCUT2D eigenvalue weighted by atomic mass is 79.9. The highest BCUT2D eigenvalue weighted by Gasteiger charge is 2.37. The van der Waals surface area contributed by atoms with Gasteiger partial charge in [0.1, 0.15) is 0 Å². The summed E-state index contributed by atoms with van der Waals surface area (Å²) in [7, 11) is 0. The third-order valence-corrected chi connectivity index (χ3v) is 4.05. The molecule has 1 fully saturated rings.